The second-order valence-corrected chi connectivity index (χ2v) is 5.18. The lowest BCUT2D eigenvalue weighted by molar-refractivity contribution is 0.468. The Morgan fingerprint density at radius 3 is 2.70 bits per heavy atom. The Morgan fingerprint density at radius 1 is 1.35 bits per heavy atom. The molecule has 0 atom stereocenters. The van der Waals surface area contributed by atoms with Crippen molar-refractivity contribution in [3.63, 3.8) is 0 Å². The highest BCUT2D eigenvalue weighted by molar-refractivity contribution is 6.30. The number of rotatable bonds is 4. The van der Waals surface area contributed by atoms with Crippen molar-refractivity contribution in [2.45, 2.75) is 25.6 Å². The molecule has 0 aliphatic rings. The second-order valence-electron chi connectivity index (χ2n) is 4.51. The topological polar surface area (TPSA) is 35.0 Å². The van der Waals surface area contributed by atoms with Crippen LogP contribution in [0.2, 0.25) is 5.02 Å². The van der Waals surface area contributed by atoms with E-state index in [0.29, 0.717) is 23.0 Å². The van der Waals surface area contributed by atoms with Crippen LogP contribution < -0.4 is 4.74 Å². The third-order valence-electron chi connectivity index (χ3n) is 2.61. The normalized spacial score (nSPS) is 10.9. The average Bonchev–Trinajstić information content (AvgIpc) is 2.43. The van der Waals surface area contributed by atoms with E-state index in [1.165, 1.54) is 18.2 Å². The molecule has 1 heterocycles. The summed E-state index contributed by atoms with van der Waals surface area (Å²) in [5.74, 6) is 1.45. The van der Waals surface area contributed by atoms with Crippen LogP contribution in [0.4, 0.5) is 4.39 Å². The summed E-state index contributed by atoms with van der Waals surface area (Å²) < 4.78 is 18.7. The summed E-state index contributed by atoms with van der Waals surface area (Å²) in [5, 5.41) is -0.00496. The Bertz CT molecular complexity index is 620. The van der Waals surface area contributed by atoms with E-state index >= 15 is 0 Å². The van der Waals surface area contributed by atoms with Crippen molar-refractivity contribution in [1.29, 1.82) is 0 Å². The van der Waals surface area contributed by atoms with Crippen LogP contribution in [0.15, 0.2) is 24.4 Å². The van der Waals surface area contributed by atoms with Gasteiger partial charge in [-0.3, -0.25) is 0 Å². The van der Waals surface area contributed by atoms with E-state index in [9.17, 15) is 4.39 Å². The molecule has 0 N–H and O–H groups in total. The Balaban J connectivity index is 2.30. The zero-order valence-corrected chi connectivity index (χ0v) is 12.5. The molecular weight excluding hydrogens is 302 g/mol. The highest BCUT2D eigenvalue weighted by Crippen LogP contribution is 2.28. The molecule has 0 fully saturated rings. The second kappa shape index (κ2) is 6.37. The molecule has 2 aromatic rings. The molecule has 0 radical (unpaired) electrons. The Hall–Kier alpha value is -1.39. The maximum absolute atomic E-state index is 13.1. The lowest BCUT2D eigenvalue weighted by Gasteiger charge is -2.11. The van der Waals surface area contributed by atoms with Crippen molar-refractivity contribution in [3.8, 4) is 11.5 Å². The van der Waals surface area contributed by atoms with Crippen molar-refractivity contribution >= 4 is 23.2 Å². The van der Waals surface area contributed by atoms with E-state index in [1.807, 2.05) is 13.8 Å². The molecule has 3 nitrogen and oxygen atoms in total. The van der Waals surface area contributed by atoms with E-state index < -0.39 is 5.82 Å². The van der Waals surface area contributed by atoms with Crippen LogP contribution in [0.5, 0.6) is 11.5 Å². The molecule has 0 unspecified atom stereocenters. The number of hydrogen-bond acceptors (Lipinski definition) is 3. The van der Waals surface area contributed by atoms with Gasteiger partial charge in [0.1, 0.15) is 23.1 Å². The first-order chi connectivity index (χ1) is 9.51. The summed E-state index contributed by atoms with van der Waals surface area (Å²) in [6.45, 7) is 3.99. The summed E-state index contributed by atoms with van der Waals surface area (Å²) in [7, 11) is 0. The maximum atomic E-state index is 13.1. The molecule has 1 aromatic carbocycles. The van der Waals surface area contributed by atoms with Crippen LogP contribution in [0.1, 0.15) is 31.3 Å². The number of ether oxygens (including phenoxy) is 1. The van der Waals surface area contributed by atoms with Crippen LogP contribution >= 0.6 is 23.2 Å². The Morgan fingerprint density at radius 2 is 2.10 bits per heavy atom. The molecule has 0 bridgehead atoms. The summed E-state index contributed by atoms with van der Waals surface area (Å²) in [6, 6.07) is 4.11. The van der Waals surface area contributed by atoms with Gasteiger partial charge in [-0.2, -0.15) is 0 Å². The third kappa shape index (κ3) is 3.38. The van der Waals surface area contributed by atoms with Gasteiger partial charge in [0.05, 0.1) is 17.1 Å². The number of aromatic nitrogens is 2. The van der Waals surface area contributed by atoms with Crippen molar-refractivity contribution in [3.05, 3.63) is 46.8 Å². The van der Waals surface area contributed by atoms with Gasteiger partial charge in [-0.25, -0.2) is 14.4 Å². The van der Waals surface area contributed by atoms with E-state index in [-0.39, 0.29) is 16.8 Å². The first kappa shape index (κ1) is 15.0. The highest BCUT2D eigenvalue weighted by Gasteiger charge is 2.11. The molecule has 0 spiro atoms. The predicted octanol–water partition coefficient (Wildman–Crippen LogP) is 4.92. The van der Waals surface area contributed by atoms with Gasteiger partial charge >= 0.3 is 0 Å². The van der Waals surface area contributed by atoms with Crippen LogP contribution in [-0.4, -0.2) is 9.97 Å². The molecule has 6 heteroatoms. The van der Waals surface area contributed by atoms with Gasteiger partial charge in [0.15, 0.2) is 5.75 Å². The van der Waals surface area contributed by atoms with Crippen molar-refractivity contribution in [2.24, 2.45) is 0 Å². The van der Waals surface area contributed by atoms with E-state index in [1.54, 1.807) is 6.20 Å². The van der Waals surface area contributed by atoms with E-state index in [2.05, 4.69) is 9.97 Å². The van der Waals surface area contributed by atoms with Crippen molar-refractivity contribution in [1.82, 2.24) is 9.97 Å². The monoisotopic (exact) mass is 314 g/mol. The molecular formula is C14H13Cl2FN2O. The fourth-order valence-corrected chi connectivity index (χ4v) is 1.91. The molecule has 0 aliphatic heterocycles. The minimum Gasteiger partial charge on any atom is -0.454 e. The van der Waals surface area contributed by atoms with E-state index in [4.69, 9.17) is 27.9 Å². The highest BCUT2D eigenvalue weighted by atomic mass is 35.5. The fourth-order valence-electron chi connectivity index (χ4n) is 1.55. The van der Waals surface area contributed by atoms with Crippen LogP contribution in [0.3, 0.4) is 0 Å². The first-order valence-corrected chi connectivity index (χ1v) is 6.97. The summed E-state index contributed by atoms with van der Waals surface area (Å²) >= 11 is 11.6. The van der Waals surface area contributed by atoms with Gasteiger partial charge in [-0.05, 0) is 12.1 Å². The standard InChI is InChI=1S/C14H13Cl2FN2O/c1-8(2)14-18-7-13(12(6-15)19-14)20-9-3-4-11(17)10(16)5-9/h3-5,7-8H,6H2,1-2H3. The lowest BCUT2D eigenvalue weighted by atomic mass is 10.2. The molecule has 0 saturated heterocycles. The van der Waals surface area contributed by atoms with Gasteiger partial charge < -0.3 is 4.74 Å². The molecule has 20 heavy (non-hydrogen) atoms. The number of benzene rings is 1. The Kier molecular flexibility index (Phi) is 4.78. The van der Waals surface area contributed by atoms with Crippen LogP contribution in [0.25, 0.3) is 0 Å². The number of nitrogens with zero attached hydrogens (tertiary/aromatic N) is 2. The van der Waals surface area contributed by atoms with Crippen molar-refractivity contribution in [2.75, 3.05) is 0 Å². The minimum atomic E-state index is -0.497. The smallest absolute Gasteiger partial charge is 0.168 e. The molecule has 0 aliphatic carbocycles. The fraction of sp³-hybridized carbons (Fsp3) is 0.286. The molecule has 106 valence electrons. The van der Waals surface area contributed by atoms with Crippen LogP contribution in [-0.2, 0) is 5.88 Å². The molecule has 1 aromatic heterocycles. The van der Waals surface area contributed by atoms with Crippen molar-refractivity contribution < 1.29 is 9.13 Å². The van der Waals surface area contributed by atoms with E-state index in [0.717, 1.165) is 0 Å². The number of alkyl halides is 1. The average molecular weight is 315 g/mol. The molecule has 2 rings (SSSR count). The molecule has 0 saturated carbocycles. The third-order valence-corrected chi connectivity index (χ3v) is 3.15. The quantitative estimate of drug-likeness (QED) is 0.751. The van der Waals surface area contributed by atoms with Crippen LogP contribution in [0, 0.1) is 5.82 Å². The van der Waals surface area contributed by atoms with Gasteiger partial charge in [0.25, 0.3) is 0 Å². The Labute approximate surface area is 126 Å². The van der Waals surface area contributed by atoms with Gasteiger partial charge in [0, 0.05) is 12.0 Å². The summed E-state index contributed by atoms with van der Waals surface area (Å²) in [6.07, 6.45) is 1.57. The summed E-state index contributed by atoms with van der Waals surface area (Å²) in [5.41, 5.74) is 0.589. The zero-order valence-electron chi connectivity index (χ0n) is 11.0. The maximum Gasteiger partial charge on any atom is 0.168 e. The lowest BCUT2D eigenvalue weighted by Crippen LogP contribution is -2.02. The van der Waals surface area contributed by atoms with Gasteiger partial charge in [-0.15, -0.1) is 11.6 Å². The number of hydrogen-bond donors (Lipinski definition) is 0. The predicted molar refractivity (Wildman–Crippen MR) is 77.2 cm³/mol. The zero-order chi connectivity index (χ0) is 14.7. The molecule has 0 amide bonds. The largest absolute Gasteiger partial charge is 0.454 e. The SMILES string of the molecule is CC(C)c1ncc(Oc2ccc(F)c(Cl)c2)c(CCl)n1. The minimum absolute atomic E-state index is 0.00496. The first-order valence-electron chi connectivity index (χ1n) is 6.06. The van der Waals surface area contributed by atoms with Gasteiger partial charge in [0.2, 0.25) is 0 Å². The van der Waals surface area contributed by atoms with Gasteiger partial charge in [-0.1, -0.05) is 25.4 Å². The number of halogens is 3. The summed E-state index contributed by atoms with van der Waals surface area (Å²) in [4.78, 5) is 8.57.